The molecule has 2 aliphatic carbocycles. The molecule has 4 heteroatoms. The summed E-state index contributed by atoms with van der Waals surface area (Å²) in [6, 6.07) is 22.5. The number of hydrogen-bond donors (Lipinski definition) is 0. The van der Waals surface area contributed by atoms with Gasteiger partial charge in [-0.3, -0.25) is 0 Å². The van der Waals surface area contributed by atoms with Crippen molar-refractivity contribution in [2.45, 2.75) is 36.9 Å². The Bertz CT molecular complexity index is 1460. The molecule has 0 saturated carbocycles. The van der Waals surface area contributed by atoms with Gasteiger partial charge in [0.05, 0.1) is 18.6 Å². The largest absolute Gasteiger partial charge is 0.490 e. The maximum absolute atomic E-state index is 6.23. The van der Waals surface area contributed by atoms with E-state index in [1.165, 1.54) is 27.8 Å². The summed E-state index contributed by atoms with van der Waals surface area (Å²) in [6.07, 6.45) is 13.6. The smallest absolute Gasteiger partial charge is 0.122 e. The fraction of sp³-hybridized carbons (Fsp3) is 0.297. The third kappa shape index (κ3) is 4.75. The summed E-state index contributed by atoms with van der Waals surface area (Å²) in [4.78, 5) is 0. The van der Waals surface area contributed by atoms with E-state index in [-0.39, 0.29) is 23.5 Å². The molecule has 2 aliphatic heterocycles. The van der Waals surface area contributed by atoms with Crippen LogP contribution in [0.4, 0.5) is 0 Å². The molecule has 3 unspecified atom stereocenters. The van der Waals surface area contributed by atoms with Gasteiger partial charge in [0.15, 0.2) is 0 Å². The van der Waals surface area contributed by atoms with E-state index >= 15 is 0 Å². The minimum atomic E-state index is -0.380. The van der Waals surface area contributed by atoms with Crippen LogP contribution in [0.5, 0.6) is 11.5 Å². The predicted octanol–water partition coefficient (Wildman–Crippen LogP) is 7.01. The van der Waals surface area contributed by atoms with Crippen molar-refractivity contribution < 1.29 is 18.9 Å². The predicted molar refractivity (Wildman–Crippen MR) is 163 cm³/mol. The van der Waals surface area contributed by atoms with Crippen LogP contribution in [0, 0.1) is 5.92 Å². The zero-order valence-electron chi connectivity index (χ0n) is 23.4. The van der Waals surface area contributed by atoms with Gasteiger partial charge in [-0.25, -0.2) is 0 Å². The Hall–Kier alpha value is -3.86. The fourth-order valence-electron chi connectivity index (χ4n) is 6.72. The second-order valence-electron chi connectivity index (χ2n) is 11.4. The second kappa shape index (κ2) is 10.8. The fourth-order valence-corrected chi connectivity index (χ4v) is 6.72. The lowest BCUT2D eigenvalue weighted by Gasteiger charge is -2.39. The summed E-state index contributed by atoms with van der Waals surface area (Å²) >= 11 is 0. The molecule has 3 aromatic carbocycles. The highest BCUT2D eigenvalue weighted by molar-refractivity contribution is 5.84. The van der Waals surface area contributed by atoms with Crippen molar-refractivity contribution in [3.8, 4) is 11.5 Å². The second-order valence-corrected chi connectivity index (χ2v) is 11.4. The highest BCUT2D eigenvalue weighted by atomic mass is 16.6. The average Bonchev–Trinajstić information content (AvgIpc) is 3.94. The number of epoxide rings is 2. The monoisotopic (exact) mass is 544 g/mol. The first-order valence-corrected chi connectivity index (χ1v) is 14.7. The zero-order chi connectivity index (χ0) is 27.8. The minimum Gasteiger partial charge on any atom is -0.490 e. The van der Waals surface area contributed by atoms with Gasteiger partial charge >= 0.3 is 0 Å². The Labute approximate surface area is 242 Å². The first kappa shape index (κ1) is 26.1. The van der Waals surface area contributed by atoms with Crippen LogP contribution < -0.4 is 9.47 Å². The van der Waals surface area contributed by atoms with E-state index in [2.05, 4.69) is 92.0 Å². The summed E-state index contributed by atoms with van der Waals surface area (Å²) in [6.45, 7) is 10.8. The van der Waals surface area contributed by atoms with Crippen molar-refractivity contribution in [2.24, 2.45) is 5.92 Å². The molecular weight excluding hydrogens is 508 g/mol. The molecule has 3 aromatic rings. The lowest BCUT2D eigenvalue weighted by atomic mass is 9.62. The molecule has 4 nitrogen and oxygen atoms in total. The standard InChI is InChI=1S/C37H36O4/c1-3-9-25-19-27(15-17-35(25)40-23-29-21-38-29)37(33-13-7-5-11-31(33)32-12-6-8-14-34(32)37)28-16-18-36(26(20-28)10-4-2)41-24-30-22-39-30/h3-8,11-13,15-20,29-30,34H,1-2,9-10,14,21-24H2/t29-,30?,34?,37?/m1/s1. The number of rotatable bonds is 12. The molecule has 41 heavy (non-hydrogen) atoms. The van der Waals surface area contributed by atoms with Crippen LogP contribution in [0.1, 0.15) is 39.8 Å². The Kier molecular flexibility index (Phi) is 6.90. The Balaban J connectivity index is 1.42. The molecule has 0 N–H and O–H groups in total. The van der Waals surface area contributed by atoms with Gasteiger partial charge in [0.25, 0.3) is 0 Å². The highest BCUT2D eigenvalue weighted by Gasteiger charge is 2.52. The van der Waals surface area contributed by atoms with Crippen LogP contribution >= 0.6 is 0 Å². The van der Waals surface area contributed by atoms with E-state index in [1.807, 2.05) is 12.2 Å². The molecular formula is C37H36O4. The topological polar surface area (TPSA) is 43.5 Å². The van der Waals surface area contributed by atoms with Crippen molar-refractivity contribution in [3.05, 3.63) is 138 Å². The van der Waals surface area contributed by atoms with E-state index in [4.69, 9.17) is 18.9 Å². The van der Waals surface area contributed by atoms with Crippen molar-refractivity contribution in [2.75, 3.05) is 26.4 Å². The minimum absolute atomic E-state index is 0.205. The average molecular weight is 545 g/mol. The van der Waals surface area contributed by atoms with Crippen molar-refractivity contribution in [1.29, 1.82) is 0 Å². The Morgan fingerprint density at radius 2 is 1.39 bits per heavy atom. The van der Waals surface area contributed by atoms with Crippen molar-refractivity contribution in [3.63, 3.8) is 0 Å². The molecule has 2 heterocycles. The van der Waals surface area contributed by atoms with Gasteiger partial charge in [0.2, 0.25) is 0 Å². The molecule has 0 aromatic heterocycles. The van der Waals surface area contributed by atoms with E-state index in [0.29, 0.717) is 13.2 Å². The molecule has 0 radical (unpaired) electrons. The maximum atomic E-state index is 6.23. The lowest BCUT2D eigenvalue weighted by molar-refractivity contribution is 0.261. The number of ether oxygens (including phenoxy) is 4. The van der Waals surface area contributed by atoms with Gasteiger partial charge in [0, 0.05) is 5.92 Å². The maximum Gasteiger partial charge on any atom is 0.122 e. The SMILES string of the molecule is C=CCc1cc(C2(c3ccc(OC[C@H]4CO4)c(CC=C)c3)c3ccccc3C3=CC=CCC32)ccc1OCC1CO1. The molecule has 208 valence electrons. The molecule has 2 fully saturated rings. The van der Waals surface area contributed by atoms with Gasteiger partial charge in [-0.15, -0.1) is 13.2 Å². The van der Waals surface area contributed by atoms with E-state index in [0.717, 1.165) is 55.1 Å². The third-order valence-corrected chi connectivity index (χ3v) is 8.76. The van der Waals surface area contributed by atoms with Crippen LogP contribution in [0.25, 0.3) is 5.57 Å². The van der Waals surface area contributed by atoms with Crippen LogP contribution in [0.15, 0.2) is 104 Å². The first-order valence-electron chi connectivity index (χ1n) is 14.7. The van der Waals surface area contributed by atoms with E-state index < -0.39 is 0 Å². The zero-order valence-corrected chi connectivity index (χ0v) is 23.4. The summed E-state index contributed by atoms with van der Waals surface area (Å²) in [7, 11) is 0. The Morgan fingerprint density at radius 3 is 1.95 bits per heavy atom. The van der Waals surface area contributed by atoms with Gasteiger partial charge in [-0.2, -0.15) is 0 Å². The molecule has 4 aliphatic rings. The molecule has 7 rings (SSSR count). The van der Waals surface area contributed by atoms with Gasteiger partial charge < -0.3 is 18.9 Å². The van der Waals surface area contributed by atoms with Crippen molar-refractivity contribution in [1.82, 2.24) is 0 Å². The lowest BCUT2D eigenvalue weighted by Crippen LogP contribution is -2.35. The summed E-state index contributed by atoms with van der Waals surface area (Å²) in [5, 5.41) is 0. The molecule has 4 atom stereocenters. The van der Waals surface area contributed by atoms with Gasteiger partial charge in [-0.1, -0.05) is 78.9 Å². The quantitative estimate of drug-likeness (QED) is 0.182. The number of allylic oxidation sites excluding steroid dienone is 6. The number of benzene rings is 3. The Morgan fingerprint density at radius 1 is 0.805 bits per heavy atom. The van der Waals surface area contributed by atoms with Gasteiger partial charge in [0.1, 0.15) is 36.9 Å². The number of fused-ring (bicyclic) bond motifs is 3. The van der Waals surface area contributed by atoms with Crippen molar-refractivity contribution >= 4 is 5.57 Å². The summed E-state index contributed by atoms with van der Waals surface area (Å²) in [5.74, 6) is 2.07. The van der Waals surface area contributed by atoms with Gasteiger partial charge in [-0.05, 0) is 70.3 Å². The third-order valence-electron chi connectivity index (χ3n) is 8.76. The van der Waals surface area contributed by atoms with E-state index in [9.17, 15) is 0 Å². The van der Waals surface area contributed by atoms with Crippen LogP contribution in [-0.4, -0.2) is 38.6 Å². The van der Waals surface area contributed by atoms with Crippen LogP contribution in [-0.2, 0) is 27.7 Å². The molecule has 0 spiro atoms. The summed E-state index contributed by atoms with van der Waals surface area (Å²) < 4.78 is 23.3. The first-order chi connectivity index (χ1) is 20.2. The van der Waals surface area contributed by atoms with Crippen LogP contribution in [0.2, 0.25) is 0 Å². The van der Waals surface area contributed by atoms with Crippen LogP contribution in [0.3, 0.4) is 0 Å². The normalized spacial score (nSPS) is 25.1. The number of hydrogen-bond acceptors (Lipinski definition) is 4. The highest BCUT2D eigenvalue weighted by Crippen LogP contribution is 2.60. The molecule has 0 amide bonds. The molecule has 2 saturated heterocycles. The van der Waals surface area contributed by atoms with E-state index in [1.54, 1.807) is 0 Å². The molecule has 0 bridgehead atoms. The summed E-state index contributed by atoms with van der Waals surface area (Å²) in [5.41, 5.74) is 8.52.